The van der Waals surface area contributed by atoms with Crippen molar-refractivity contribution in [2.75, 3.05) is 0 Å². The Hall–Kier alpha value is -1.32. The summed E-state index contributed by atoms with van der Waals surface area (Å²) in [4.78, 5) is 0. The predicted octanol–water partition coefficient (Wildman–Crippen LogP) is 3.97. The fourth-order valence-corrected chi connectivity index (χ4v) is 2.11. The first-order valence-electron chi connectivity index (χ1n) is 6.58. The molecule has 2 aromatic rings. The third kappa shape index (κ3) is 3.82. The summed E-state index contributed by atoms with van der Waals surface area (Å²) in [7, 11) is 0. The van der Waals surface area contributed by atoms with E-state index in [1.807, 2.05) is 29.1 Å². The summed E-state index contributed by atoms with van der Waals surface area (Å²) in [6, 6.07) is 8.62. The molecule has 1 aromatic carbocycles. The highest BCUT2D eigenvalue weighted by Crippen LogP contribution is 2.17. The number of hydrogen-bond donors (Lipinski definition) is 1. The highest BCUT2D eigenvalue weighted by molar-refractivity contribution is 6.30. The summed E-state index contributed by atoms with van der Waals surface area (Å²) in [6.45, 7) is 7.19. The average Bonchev–Trinajstić information content (AvgIpc) is 2.85. The summed E-state index contributed by atoms with van der Waals surface area (Å²) >= 11 is 6.00. The van der Waals surface area contributed by atoms with E-state index in [0.717, 1.165) is 11.6 Å². The van der Waals surface area contributed by atoms with E-state index in [2.05, 4.69) is 43.4 Å². The van der Waals surface area contributed by atoms with Crippen molar-refractivity contribution in [2.45, 2.75) is 39.4 Å². The standard InChI is InChI=1S/C15H20ClN3/c1-11(2)19-10-13(9-18-19)8-17-12(3)14-5-4-6-15(16)7-14/h4-7,9-12,17H,8H2,1-3H3/t12-/m1/s1. The van der Waals surface area contributed by atoms with E-state index < -0.39 is 0 Å². The van der Waals surface area contributed by atoms with Crippen LogP contribution in [0.2, 0.25) is 5.02 Å². The first-order chi connectivity index (χ1) is 9.06. The van der Waals surface area contributed by atoms with Crippen LogP contribution in [0.4, 0.5) is 0 Å². The van der Waals surface area contributed by atoms with E-state index >= 15 is 0 Å². The maximum atomic E-state index is 6.00. The Kier molecular flexibility index (Phi) is 4.61. The molecule has 0 radical (unpaired) electrons. The number of benzene rings is 1. The van der Waals surface area contributed by atoms with Crippen molar-refractivity contribution in [1.29, 1.82) is 0 Å². The van der Waals surface area contributed by atoms with Gasteiger partial charge in [0.25, 0.3) is 0 Å². The van der Waals surface area contributed by atoms with E-state index in [0.29, 0.717) is 6.04 Å². The maximum Gasteiger partial charge on any atom is 0.0534 e. The maximum absolute atomic E-state index is 6.00. The van der Waals surface area contributed by atoms with Gasteiger partial charge in [-0.1, -0.05) is 23.7 Å². The molecule has 0 fully saturated rings. The van der Waals surface area contributed by atoms with Crippen LogP contribution >= 0.6 is 11.6 Å². The van der Waals surface area contributed by atoms with Crippen LogP contribution in [0.25, 0.3) is 0 Å². The number of nitrogens with zero attached hydrogens (tertiary/aromatic N) is 2. The van der Waals surface area contributed by atoms with Crippen molar-refractivity contribution in [2.24, 2.45) is 0 Å². The van der Waals surface area contributed by atoms with Crippen molar-refractivity contribution in [1.82, 2.24) is 15.1 Å². The van der Waals surface area contributed by atoms with Crippen molar-refractivity contribution in [3.05, 3.63) is 52.8 Å². The lowest BCUT2D eigenvalue weighted by Gasteiger charge is -2.13. The summed E-state index contributed by atoms with van der Waals surface area (Å²) in [5.41, 5.74) is 2.39. The summed E-state index contributed by atoms with van der Waals surface area (Å²) in [6.07, 6.45) is 4.00. The van der Waals surface area contributed by atoms with Crippen molar-refractivity contribution in [3.8, 4) is 0 Å². The molecule has 0 aliphatic heterocycles. The minimum atomic E-state index is 0.265. The molecular weight excluding hydrogens is 258 g/mol. The topological polar surface area (TPSA) is 29.9 Å². The monoisotopic (exact) mass is 277 g/mol. The first-order valence-corrected chi connectivity index (χ1v) is 6.96. The molecule has 0 amide bonds. The van der Waals surface area contributed by atoms with Gasteiger partial charge in [-0.25, -0.2) is 0 Å². The van der Waals surface area contributed by atoms with Gasteiger partial charge in [0.1, 0.15) is 0 Å². The molecule has 102 valence electrons. The van der Waals surface area contributed by atoms with Gasteiger partial charge in [0.2, 0.25) is 0 Å². The van der Waals surface area contributed by atoms with Crippen LogP contribution in [0.1, 0.15) is 44.0 Å². The van der Waals surface area contributed by atoms with E-state index in [1.165, 1.54) is 11.1 Å². The average molecular weight is 278 g/mol. The second-order valence-corrected chi connectivity index (χ2v) is 5.52. The lowest BCUT2D eigenvalue weighted by atomic mass is 10.1. The van der Waals surface area contributed by atoms with Gasteiger partial charge >= 0.3 is 0 Å². The molecule has 19 heavy (non-hydrogen) atoms. The SMILES string of the molecule is CC(C)n1cc(CN[C@H](C)c2cccc(Cl)c2)cn1. The molecule has 3 nitrogen and oxygen atoms in total. The van der Waals surface area contributed by atoms with Crippen LogP contribution in [0.15, 0.2) is 36.7 Å². The van der Waals surface area contributed by atoms with E-state index in [9.17, 15) is 0 Å². The number of aromatic nitrogens is 2. The smallest absolute Gasteiger partial charge is 0.0534 e. The van der Waals surface area contributed by atoms with Crippen molar-refractivity contribution >= 4 is 11.6 Å². The van der Waals surface area contributed by atoms with Gasteiger partial charge < -0.3 is 5.32 Å². The normalized spacial score (nSPS) is 12.9. The van der Waals surface area contributed by atoms with Crippen LogP contribution < -0.4 is 5.32 Å². The molecule has 0 bridgehead atoms. The minimum absolute atomic E-state index is 0.265. The van der Waals surface area contributed by atoms with Crippen molar-refractivity contribution in [3.63, 3.8) is 0 Å². The Labute approximate surface area is 119 Å². The molecule has 0 unspecified atom stereocenters. The molecule has 1 aromatic heterocycles. The molecule has 0 aliphatic rings. The molecule has 0 spiro atoms. The Morgan fingerprint density at radius 1 is 1.32 bits per heavy atom. The second kappa shape index (κ2) is 6.22. The Bertz CT molecular complexity index is 534. The first kappa shape index (κ1) is 14.1. The minimum Gasteiger partial charge on any atom is -0.306 e. The quantitative estimate of drug-likeness (QED) is 0.896. The van der Waals surface area contributed by atoms with Gasteiger partial charge in [0.15, 0.2) is 0 Å². The molecule has 0 aliphatic carbocycles. The number of nitrogens with one attached hydrogen (secondary N) is 1. The predicted molar refractivity (Wildman–Crippen MR) is 79.3 cm³/mol. The molecule has 4 heteroatoms. The van der Waals surface area contributed by atoms with Gasteiger partial charge in [0, 0.05) is 35.4 Å². The van der Waals surface area contributed by atoms with Crippen LogP contribution in [0.3, 0.4) is 0 Å². The van der Waals surface area contributed by atoms with Crippen LogP contribution in [-0.2, 0) is 6.54 Å². The Morgan fingerprint density at radius 2 is 2.11 bits per heavy atom. The van der Waals surface area contributed by atoms with Crippen LogP contribution in [0, 0.1) is 0 Å². The third-order valence-electron chi connectivity index (χ3n) is 3.15. The van der Waals surface area contributed by atoms with E-state index in [4.69, 9.17) is 11.6 Å². The largest absolute Gasteiger partial charge is 0.306 e. The molecule has 2 rings (SSSR count). The van der Waals surface area contributed by atoms with Gasteiger partial charge in [-0.15, -0.1) is 0 Å². The van der Waals surface area contributed by atoms with E-state index in [-0.39, 0.29) is 6.04 Å². The zero-order chi connectivity index (χ0) is 13.8. The van der Waals surface area contributed by atoms with Gasteiger partial charge in [-0.05, 0) is 38.5 Å². The number of rotatable bonds is 5. The van der Waals surface area contributed by atoms with Gasteiger partial charge in [0.05, 0.1) is 6.20 Å². The van der Waals surface area contributed by atoms with E-state index in [1.54, 1.807) is 0 Å². The van der Waals surface area contributed by atoms with Gasteiger partial charge in [-0.2, -0.15) is 5.10 Å². The molecular formula is C15H20ClN3. The molecule has 0 saturated carbocycles. The molecule has 1 heterocycles. The lowest BCUT2D eigenvalue weighted by Crippen LogP contribution is -2.17. The second-order valence-electron chi connectivity index (χ2n) is 5.08. The molecule has 0 saturated heterocycles. The number of hydrogen-bond acceptors (Lipinski definition) is 2. The molecule has 1 N–H and O–H groups in total. The zero-order valence-corrected chi connectivity index (χ0v) is 12.4. The zero-order valence-electron chi connectivity index (χ0n) is 11.6. The Balaban J connectivity index is 1.94. The van der Waals surface area contributed by atoms with Crippen LogP contribution in [-0.4, -0.2) is 9.78 Å². The fourth-order valence-electron chi connectivity index (χ4n) is 1.92. The highest BCUT2D eigenvalue weighted by Gasteiger charge is 2.07. The summed E-state index contributed by atoms with van der Waals surface area (Å²) < 4.78 is 1.97. The van der Waals surface area contributed by atoms with Gasteiger partial charge in [-0.3, -0.25) is 4.68 Å². The third-order valence-corrected chi connectivity index (χ3v) is 3.38. The lowest BCUT2D eigenvalue weighted by molar-refractivity contribution is 0.530. The Morgan fingerprint density at radius 3 is 2.74 bits per heavy atom. The van der Waals surface area contributed by atoms with Crippen molar-refractivity contribution < 1.29 is 0 Å². The summed E-state index contributed by atoms with van der Waals surface area (Å²) in [5.74, 6) is 0. The number of halogens is 1. The highest BCUT2D eigenvalue weighted by atomic mass is 35.5. The van der Waals surface area contributed by atoms with Crippen LogP contribution in [0.5, 0.6) is 0 Å². The molecule has 1 atom stereocenters. The fraction of sp³-hybridized carbons (Fsp3) is 0.400. The summed E-state index contributed by atoms with van der Waals surface area (Å²) in [5, 5.41) is 8.60.